The molecule has 0 saturated heterocycles. The van der Waals surface area contributed by atoms with Crippen molar-refractivity contribution in [1.82, 2.24) is 0 Å². The van der Waals surface area contributed by atoms with Crippen molar-refractivity contribution in [1.29, 1.82) is 0 Å². The number of hydrogen-bond donors (Lipinski definition) is 0. The molecule has 30 heavy (non-hydrogen) atoms. The maximum absolute atomic E-state index is 10.5. The molecule has 0 aromatic heterocycles. The van der Waals surface area contributed by atoms with Crippen molar-refractivity contribution in [2.45, 2.75) is 141 Å². The highest BCUT2D eigenvalue weighted by molar-refractivity contribution is 5.53. The average molecular weight is 419 g/mol. The molecule has 0 amide bonds. The molecule has 4 unspecified atom stereocenters. The molecule has 0 bridgehead atoms. The van der Waals surface area contributed by atoms with E-state index in [4.69, 9.17) is 4.74 Å². The summed E-state index contributed by atoms with van der Waals surface area (Å²) in [5.41, 5.74) is 0. The zero-order valence-corrected chi connectivity index (χ0v) is 20.1. The van der Waals surface area contributed by atoms with Gasteiger partial charge in [0.15, 0.2) is 0 Å². The van der Waals surface area contributed by atoms with Gasteiger partial charge in [-0.05, 0) is 63.2 Å². The Morgan fingerprint density at radius 3 is 2.17 bits per heavy atom. The number of carbonyl (C=O) groups excluding carboxylic acids is 1. The zero-order valence-electron chi connectivity index (χ0n) is 20.1. The lowest BCUT2D eigenvalue weighted by Crippen LogP contribution is -2.10. The van der Waals surface area contributed by atoms with E-state index in [1.165, 1.54) is 122 Å². The van der Waals surface area contributed by atoms with E-state index in [1.807, 2.05) is 6.92 Å². The van der Waals surface area contributed by atoms with Crippen LogP contribution in [0.2, 0.25) is 0 Å². The molecule has 174 valence electrons. The monoisotopic (exact) mass is 418 g/mol. The second-order valence-electron chi connectivity index (χ2n) is 10.4. The van der Waals surface area contributed by atoms with E-state index in [0.29, 0.717) is 6.10 Å². The highest BCUT2D eigenvalue weighted by atomic mass is 16.5. The Bertz CT molecular complexity index is 401. The van der Waals surface area contributed by atoms with Gasteiger partial charge in [0.25, 0.3) is 0 Å². The van der Waals surface area contributed by atoms with Crippen molar-refractivity contribution in [3.05, 3.63) is 6.42 Å². The van der Waals surface area contributed by atoms with Gasteiger partial charge < -0.3 is 4.74 Å². The van der Waals surface area contributed by atoms with Gasteiger partial charge in [-0.1, -0.05) is 90.4 Å². The smallest absolute Gasteiger partial charge is 0.201 e. The van der Waals surface area contributed by atoms with Crippen molar-refractivity contribution in [2.24, 2.45) is 17.8 Å². The van der Waals surface area contributed by atoms with E-state index in [2.05, 4.69) is 12.7 Å². The third kappa shape index (κ3) is 12.5. The maximum Gasteiger partial charge on any atom is 0.201 e. The van der Waals surface area contributed by atoms with Crippen LogP contribution in [0.5, 0.6) is 0 Å². The number of ether oxygens (including phenoxy) is 1. The van der Waals surface area contributed by atoms with E-state index in [-0.39, 0.29) is 5.92 Å². The fourth-order valence-electron chi connectivity index (χ4n) is 5.50. The Hall–Kier alpha value is -0.370. The molecule has 0 aromatic rings. The minimum atomic E-state index is 0.134. The highest BCUT2D eigenvalue weighted by Gasteiger charge is 2.25. The Morgan fingerprint density at radius 1 is 0.833 bits per heavy atom. The van der Waals surface area contributed by atoms with Crippen LogP contribution in [0.4, 0.5) is 0 Å². The molecule has 0 aliphatic heterocycles. The van der Waals surface area contributed by atoms with Crippen LogP contribution in [-0.2, 0) is 9.53 Å². The molecule has 2 nitrogen and oxygen atoms in total. The first-order valence-electron chi connectivity index (χ1n) is 13.6. The number of hydrogen-bond acceptors (Lipinski definition) is 2. The molecule has 0 heterocycles. The molecule has 2 rings (SSSR count). The first-order chi connectivity index (χ1) is 14.8. The van der Waals surface area contributed by atoms with Gasteiger partial charge in [-0.25, -0.2) is 0 Å². The normalized spacial score (nSPS) is 23.2. The molecule has 2 aliphatic rings. The van der Waals surface area contributed by atoms with E-state index >= 15 is 0 Å². The van der Waals surface area contributed by atoms with Crippen molar-refractivity contribution in [2.75, 3.05) is 6.61 Å². The predicted molar refractivity (Wildman–Crippen MR) is 128 cm³/mol. The van der Waals surface area contributed by atoms with Gasteiger partial charge in [0, 0.05) is 12.5 Å². The van der Waals surface area contributed by atoms with E-state index in [1.54, 1.807) is 0 Å². The summed E-state index contributed by atoms with van der Waals surface area (Å²) in [6, 6.07) is 0. The minimum Gasteiger partial charge on any atom is -0.378 e. The molecule has 0 aromatic carbocycles. The fraction of sp³-hybridized carbons (Fsp3) is 0.929. The van der Waals surface area contributed by atoms with Gasteiger partial charge in [0.1, 0.15) is 0 Å². The highest BCUT2D eigenvalue weighted by Crippen LogP contribution is 2.34. The summed E-state index contributed by atoms with van der Waals surface area (Å²) in [4.78, 5) is 10.5. The van der Waals surface area contributed by atoms with Gasteiger partial charge in [-0.2, -0.15) is 0 Å². The summed E-state index contributed by atoms with van der Waals surface area (Å²) in [5.74, 6) is 2.10. The Balaban J connectivity index is 1.28. The van der Waals surface area contributed by atoms with Gasteiger partial charge in [0.2, 0.25) is 6.29 Å². The largest absolute Gasteiger partial charge is 0.378 e. The summed E-state index contributed by atoms with van der Waals surface area (Å²) in [7, 11) is 0. The molecule has 0 N–H and O–H groups in total. The predicted octanol–water partition coefficient (Wildman–Crippen LogP) is 8.38. The fourth-order valence-corrected chi connectivity index (χ4v) is 5.50. The van der Waals surface area contributed by atoms with Crippen LogP contribution in [0.25, 0.3) is 0 Å². The summed E-state index contributed by atoms with van der Waals surface area (Å²) < 4.78 is 6.19. The van der Waals surface area contributed by atoms with Crippen LogP contribution >= 0.6 is 0 Å². The van der Waals surface area contributed by atoms with Crippen LogP contribution in [0.1, 0.15) is 135 Å². The topological polar surface area (TPSA) is 26.3 Å². The molecular weight excluding hydrogens is 368 g/mol. The van der Waals surface area contributed by atoms with E-state index < -0.39 is 0 Å². The molecule has 2 fully saturated rings. The van der Waals surface area contributed by atoms with Gasteiger partial charge in [-0.15, -0.1) is 0 Å². The summed E-state index contributed by atoms with van der Waals surface area (Å²) in [6.45, 7) is 2.96. The van der Waals surface area contributed by atoms with Crippen molar-refractivity contribution < 1.29 is 9.53 Å². The third-order valence-electron chi connectivity index (χ3n) is 7.58. The van der Waals surface area contributed by atoms with Crippen LogP contribution < -0.4 is 0 Å². The maximum atomic E-state index is 10.5. The van der Waals surface area contributed by atoms with Crippen LogP contribution in [-0.4, -0.2) is 19.0 Å². The van der Waals surface area contributed by atoms with Crippen molar-refractivity contribution in [3.8, 4) is 0 Å². The minimum absolute atomic E-state index is 0.134. The lowest BCUT2D eigenvalue weighted by atomic mass is 9.95. The third-order valence-corrected chi connectivity index (χ3v) is 7.58. The van der Waals surface area contributed by atoms with Crippen molar-refractivity contribution in [3.63, 3.8) is 0 Å². The SMILES string of the molecule is CC([C]=O)CCCCCCCCCCCCOC1CCC(CCCC2C[CH]CC2)C1. The standard InChI is InChI=1S/C28H50O2/c1-25(24-29)15-10-8-6-4-2-3-5-7-9-13-22-30-28-21-20-27(23-28)19-14-18-26-16-11-12-17-26/h11,25-28H,2-10,12-23H2,1H3. The molecule has 2 heteroatoms. The van der Waals surface area contributed by atoms with Gasteiger partial charge >= 0.3 is 0 Å². The van der Waals surface area contributed by atoms with Gasteiger partial charge in [0.05, 0.1) is 6.10 Å². The van der Waals surface area contributed by atoms with Crippen LogP contribution in [0, 0.1) is 24.2 Å². The Morgan fingerprint density at radius 2 is 1.50 bits per heavy atom. The lowest BCUT2D eigenvalue weighted by molar-refractivity contribution is 0.0525. The van der Waals surface area contributed by atoms with Crippen LogP contribution in [0.15, 0.2) is 0 Å². The lowest BCUT2D eigenvalue weighted by Gasteiger charge is -2.14. The molecular formula is C28H50O2. The molecule has 4 atom stereocenters. The first kappa shape index (κ1) is 25.9. The Labute approximate surface area is 188 Å². The molecule has 2 radical (unpaired) electrons. The summed E-state index contributed by atoms with van der Waals surface area (Å²) >= 11 is 0. The van der Waals surface area contributed by atoms with E-state index in [0.717, 1.165) is 24.9 Å². The molecule has 2 saturated carbocycles. The molecule has 2 aliphatic carbocycles. The van der Waals surface area contributed by atoms with Crippen molar-refractivity contribution >= 4 is 6.29 Å². The summed E-state index contributed by atoms with van der Waals surface area (Å²) in [6.07, 6.45) is 32.1. The average Bonchev–Trinajstić information content (AvgIpc) is 3.43. The van der Waals surface area contributed by atoms with Gasteiger partial charge in [-0.3, -0.25) is 4.79 Å². The quantitative estimate of drug-likeness (QED) is 0.197. The van der Waals surface area contributed by atoms with E-state index in [9.17, 15) is 4.79 Å². The van der Waals surface area contributed by atoms with Crippen LogP contribution in [0.3, 0.4) is 0 Å². The number of rotatable bonds is 19. The molecule has 0 spiro atoms. The zero-order chi connectivity index (χ0) is 21.3. The second kappa shape index (κ2) is 17.2. The number of unbranched alkanes of at least 4 members (excludes halogenated alkanes) is 9. The first-order valence-corrected chi connectivity index (χ1v) is 13.6. The summed E-state index contributed by atoms with van der Waals surface area (Å²) in [5, 5.41) is 0. The second-order valence-corrected chi connectivity index (χ2v) is 10.4. The Kier molecular flexibility index (Phi) is 14.9.